The van der Waals surface area contributed by atoms with Gasteiger partial charge in [-0.15, -0.1) is 0 Å². The van der Waals surface area contributed by atoms with Crippen LogP contribution in [0.1, 0.15) is 17.4 Å². The molecule has 0 radical (unpaired) electrons. The van der Waals surface area contributed by atoms with E-state index in [2.05, 4.69) is 8.85 Å². The highest BCUT2D eigenvalue weighted by Crippen LogP contribution is 2.15. The van der Waals surface area contributed by atoms with Crippen molar-refractivity contribution in [3.8, 4) is 0 Å². The molecule has 72 valence electrons. The van der Waals surface area contributed by atoms with Crippen LogP contribution in [0.5, 0.6) is 0 Å². The number of aryl methyl sites for hydroxylation is 1. The standard InChI is InChI=1S/C8H12IN3O/c1-3-12-5-6(11-9)4-7(12)8(13)10-2/h4-5,11H,3H2,1-2H3,(H,10,13). The molecule has 0 aliphatic rings. The molecule has 0 aromatic carbocycles. The smallest absolute Gasteiger partial charge is 0.267 e. The molecule has 4 nitrogen and oxygen atoms in total. The molecule has 0 bridgehead atoms. The normalized spacial score (nSPS) is 9.77. The topological polar surface area (TPSA) is 46.1 Å². The van der Waals surface area contributed by atoms with E-state index in [1.165, 1.54) is 0 Å². The van der Waals surface area contributed by atoms with Crippen molar-refractivity contribution in [1.82, 2.24) is 9.88 Å². The number of carbonyl (C=O) groups excluding carboxylic acids is 1. The molecule has 0 aliphatic heterocycles. The van der Waals surface area contributed by atoms with Crippen molar-refractivity contribution in [3.63, 3.8) is 0 Å². The highest BCUT2D eigenvalue weighted by molar-refractivity contribution is 14.1. The van der Waals surface area contributed by atoms with Crippen molar-refractivity contribution >= 4 is 34.5 Å². The van der Waals surface area contributed by atoms with Gasteiger partial charge in [0.25, 0.3) is 5.91 Å². The van der Waals surface area contributed by atoms with Crippen LogP contribution in [-0.4, -0.2) is 17.5 Å². The molecule has 5 heteroatoms. The van der Waals surface area contributed by atoms with E-state index in [1.807, 2.05) is 46.6 Å². The second-order valence-corrected chi connectivity index (χ2v) is 3.11. The van der Waals surface area contributed by atoms with Gasteiger partial charge in [0.15, 0.2) is 0 Å². The number of carbonyl (C=O) groups is 1. The molecule has 0 unspecified atom stereocenters. The van der Waals surface area contributed by atoms with Crippen LogP contribution in [0.3, 0.4) is 0 Å². The van der Waals surface area contributed by atoms with Crippen molar-refractivity contribution in [2.75, 3.05) is 10.6 Å². The van der Waals surface area contributed by atoms with Gasteiger partial charge in [-0.1, -0.05) is 0 Å². The van der Waals surface area contributed by atoms with E-state index in [4.69, 9.17) is 0 Å². The van der Waals surface area contributed by atoms with Gasteiger partial charge in [-0.25, -0.2) is 0 Å². The number of nitrogens with one attached hydrogen (secondary N) is 2. The Kier molecular flexibility index (Phi) is 3.58. The third kappa shape index (κ3) is 2.15. The molecule has 0 atom stereocenters. The first-order valence-corrected chi connectivity index (χ1v) is 5.09. The first-order chi connectivity index (χ1) is 6.22. The average molecular weight is 293 g/mol. The summed E-state index contributed by atoms with van der Waals surface area (Å²) in [7, 11) is 1.63. The average Bonchev–Trinajstić information content (AvgIpc) is 2.59. The van der Waals surface area contributed by atoms with Gasteiger partial charge in [0.2, 0.25) is 0 Å². The zero-order valence-electron chi connectivity index (χ0n) is 7.60. The molecule has 1 aromatic heterocycles. The molecule has 1 aromatic rings. The molecule has 0 aliphatic carbocycles. The van der Waals surface area contributed by atoms with E-state index < -0.39 is 0 Å². The second-order valence-electron chi connectivity index (χ2n) is 2.57. The minimum Gasteiger partial charge on any atom is -0.354 e. The highest BCUT2D eigenvalue weighted by atomic mass is 127. The summed E-state index contributed by atoms with van der Waals surface area (Å²) in [4.78, 5) is 11.4. The van der Waals surface area contributed by atoms with E-state index in [-0.39, 0.29) is 5.91 Å². The monoisotopic (exact) mass is 293 g/mol. The van der Waals surface area contributed by atoms with Crippen LogP contribution in [-0.2, 0) is 6.54 Å². The predicted octanol–water partition coefficient (Wildman–Crippen LogP) is 1.63. The maximum atomic E-state index is 11.4. The summed E-state index contributed by atoms with van der Waals surface area (Å²) in [5.74, 6) is -0.0558. The van der Waals surface area contributed by atoms with Crippen molar-refractivity contribution in [2.45, 2.75) is 13.5 Å². The first-order valence-electron chi connectivity index (χ1n) is 4.01. The summed E-state index contributed by atoms with van der Waals surface area (Å²) >= 11 is 2.04. The number of hydrogen-bond donors (Lipinski definition) is 2. The summed E-state index contributed by atoms with van der Waals surface area (Å²) in [6, 6.07) is 1.83. The van der Waals surface area contributed by atoms with E-state index in [9.17, 15) is 4.79 Å². The summed E-state index contributed by atoms with van der Waals surface area (Å²) in [6.45, 7) is 2.80. The van der Waals surface area contributed by atoms with Crippen LogP contribution in [0.2, 0.25) is 0 Å². The highest BCUT2D eigenvalue weighted by Gasteiger charge is 2.10. The van der Waals surface area contributed by atoms with Gasteiger partial charge in [0, 0.05) is 19.8 Å². The zero-order chi connectivity index (χ0) is 9.84. The molecule has 0 saturated heterocycles. The van der Waals surface area contributed by atoms with Gasteiger partial charge in [0.1, 0.15) is 5.69 Å². The Labute approximate surface area is 91.2 Å². The van der Waals surface area contributed by atoms with Gasteiger partial charge < -0.3 is 13.4 Å². The number of amides is 1. The molecular weight excluding hydrogens is 281 g/mol. The molecule has 0 fully saturated rings. The number of hydrogen-bond acceptors (Lipinski definition) is 2. The Hall–Kier alpha value is -0.720. The molecule has 13 heavy (non-hydrogen) atoms. The molecule has 0 spiro atoms. The van der Waals surface area contributed by atoms with Gasteiger partial charge in [-0.2, -0.15) is 0 Å². The lowest BCUT2D eigenvalue weighted by molar-refractivity contribution is 0.0954. The van der Waals surface area contributed by atoms with E-state index in [0.717, 1.165) is 12.2 Å². The minimum absolute atomic E-state index is 0.0558. The summed E-state index contributed by atoms with van der Waals surface area (Å²) in [5.41, 5.74) is 1.63. The van der Waals surface area contributed by atoms with E-state index >= 15 is 0 Å². The zero-order valence-corrected chi connectivity index (χ0v) is 9.75. The molecule has 1 heterocycles. The lowest BCUT2D eigenvalue weighted by Crippen LogP contribution is -2.21. The Morgan fingerprint density at radius 3 is 2.85 bits per heavy atom. The van der Waals surface area contributed by atoms with E-state index in [1.54, 1.807) is 7.05 Å². The molecule has 0 saturated carbocycles. The fourth-order valence-corrected chi connectivity index (χ4v) is 1.44. The quantitative estimate of drug-likeness (QED) is 0.657. The second kappa shape index (κ2) is 4.50. The molecular formula is C8H12IN3O. The van der Waals surface area contributed by atoms with Crippen LogP contribution in [0.15, 0.2) is 12.3 Å². The Morgan fingerprint density at radius 2 is 2.38 bits per heavy atom. The maximum absolute atomic E-state index is 11.4. The number of aromatic nitrogens is 1. The molecule has 1 amide bonds. The Morgan fingerprint density at radius 1 is 1.69 bits per heavy atom. The fraction of sp³-hybridized carbons (Fsp3) is 0.375. The van der Waals surface area contributed by atoms with Crippen LogP contribution in [0.25, 0.3) is 0 Å². The van der Waals surface area contributed by atoms with E-state index in [0.29, 0.717) is 5.69 Å². The lowest BCUT2D eigenvalue weighted by atomic mass is 10.4. The van der Waals surface area contributed by atoms with Crippen LogP contribution >= 0.6 is 22.9 Å². The number of halogens is 1. The number of nitrogens with zero attached hydrogens (tertiary/aromatic N) is 1. The Bertz CT molecular complexity index is 308. The van der Waals surface area contributed by atoms with Gasteiger partial charge >= 0.3 is 0 Å². The minimum atomic E-state index is -0.0558. The van der Waals surface area contributed by atoms with Crippen LogP contribution in [0, 0.1) is 0 Å². The van der Waals surface area contributed by atoms with Crippen molar-refractivity contribution in [2.24, 2.45) is 0 Å². The number of rotatable bonds is 3. The summed E-state index contributed by atoms with van der Waals surface area (Å²) in [5, 5.41) is 2.60. The van der Waals surface area contributed by atoms with Gasteiger partial charge in [-0.3, -0.25) is 4.79 Å². The van der Waals surface area contributed by atoms with Crippen molar-refractivity contribution in [1.29, 1.82) is 0 Å². The SMILES string of the molecule is CCn1cc(NI)cc1C(=O)NC. The Balaban J connectivity index is 3.03. The third-order valence-electron chi connectivity index (χ3n) is 1.81. The summed E-state index contributed by atoms with van der Waals surface area (Å²) in [6.07, 6.45) is 1.91. The van der Waals surface area contributed by atoms with Gasteiger partial charge in [0.05, 0.1) is 28.6 Å². The van der Waals surface area contributed by atoms with Crippen molar-refractivity contribution < 1.29 is 4.79 Å². The predicted molar refractivity (Wildman–Crippen MR) is 61.1 cm³/mol. The molecule has 1 rings (SSSR count). The molecule has 2 N–H and O–H groups in total. The lowest BCUT2D eigenvalue weighted by Gasteiger charge is -2.02. The first kappa shape index (κ1) is 10.4. The largest absolute Gasteiger partial charge is 0.354 e. The summed E-state index contributed by atoms with van der Waals surface area (Å²) < 4.78 is 4.87. The van der Waals surface area contributed by atoms with Crippen LogP contribution in [0.4, 0.5) is 5.69 Å². The third-order valence-corrected chi connectivity index (χ3v) is 2.43. The fourth-order valence-electron chi connectivity index (χ4n) is 1.14. The van der Waals surface area contributed by atoms with Crippen molar-refractivity contribution in [3.05, 3.63) is 18.0 Å². The number of anilines is 1. The van der Waals surface area contributed by atoms with Crippen LogP contribution < -0.4 is 8.85 Å². The maximum Gasteiger partial charge on any atom is 0.267 e. The van der Waals surface area contributed by atoms with Gasteiger partial charge in [-0.05, 0) is 13.0 Å².